The predicted molar refractivity (Wildman–Crippen MR) is 37.6 cm³/mol. The molecule has 0 amide bonds. The fourth-order valence-electron chi connectivity index (χ4n) is 0.970. The van der Waals surface area contributed by atoms with Crippen LogP contribution >= 0.6 is 0 Å². The highest BCUT2D eigenvalue weighted by atomic mass is 19.4. The van der Waals surface area contributed by atoms with Gasteiger partial charge in [-0.2, -0.15) is 13.2 Å². The van der Waals surface area contributed by atoms with Crippen LogP contribution < -0.4 is 0 Å². The molecule has 12 heavy (non-hydrogen) atoms. The Morgan fingerprint density at radius 2 is 2.08 bits per heavy atom. The number of hydrogen-bond acceptors (Lipinski definition) is 1. The smallest absolute Gasteiger partial charge is 0.337 e. The van der Waals surface area contributed by atoms with Crippen molar-refractivity contribution in [3.8, 4) is 0 Å². The highest BCUT2D eigenvalue weighted by Gasteiger charge is 2.34. The third-order valence-corrected chi connectivity index (χ3v) is 1.58. The van der Waals surface area contributed by atoms with E-state index in [0.29, 0.717) is 12.2 Å². The Hall–Kier alpha value is -1.00. The maximum absolute atomic E-state index is 12.0. The van der Waals surface area contributed by atoms with Crippen LogP contribution in [0.4, 0.5) is 13.2 Å². The van der Waals surface area contributed by atoms with Gasteiger partial charge in [0.05, 0.1) is 0 Å². The summed E-state index contributed by atoms with van der Waals surface area (Å²) in [5.74, 6) is 0.447. The van der Waals surface area contributed by atoms with Crippen molar-refractivity contribution in [2.45, 2.75) is 19.5 Å². The molecule has 0 atom stereocenters. The second kappa shape index (κ2) is 2.80. The molecule has 0 aliphatic rings. The van der Waals surface area contributed by atoms with Crippen LogP contribution in [0.1, 0.15) is 18.4 Å². The molecule has 0 unspecified atom stereocenters. The van der Waals surface area contributed by atoms with E-state index in [1.54, 1.807) is 14.0 Å². The summed E-state index contributed by atoms with van der Waals surface area (Å²) in [5, 5.41) is 0. The average molecular weight is 178 g/mol. The molecule has 1 heterocycles. The van der Waals surface area contributed by atoms with Gasteiger partial charge in [-0.05, 0) is 0 Å². The number of rotatable bonds is 1. The summed E-state index contributed by atoms with van der Waals surface area (Å²) in [6.07, 6.45) is -2.82. The largest absolute Gasteiger partial charge is 0.434 e. The van der Waals surface area contributed by atoms with Crippen molar-refractivity contribution in [3.05, 3.63) is 17.7 Å². The van der Waals surface area contributed by atoms with E-state index in [-0.39, 0.29) is 0 Å². The third-order valence-electron chi connectivity index (χ3n) is 1.58. The Kier molecular flexibility index (Phi) is 2.12. The number of aromatic nitrogens is 2. The van der Waals surface area contributed by atoms with Gasteiger partial charge in [0.15, 0.2) is 5.69 Å². The number of nitrogens with zero attached hydrogens (tertiary/aromatic N) is 2. The number of hydrogen-bond donors (Lipinski definition) is 0. The first-order chi connectivity index (χ1) is 5.45. The second-order valence-corrected chi connectivity index (χ2v) is 2.50. The lowest BCUT2D eigenvalue weighted by atomic mass is 10.4. The van der Waals surface area contributed by atoms with Crippen LogP contribution in [-0.4, -0.2) is 9.55 Å². The maximum Gasteiger partial charge on any atom is 0.434 e. The van der Waals surface area contributed by atoms with Crippen LogP contribution in [0.15, 0.2) is 6.20 Å². The summed E-state index contributed by atoms with van der Waals surface area (Å²) >= 11 is 0. The first-order valence-electron chi connectivity index (χ1n) is 3.54. The van der Waals surface area contributed by atoms with E-state index in [4.69, 9.17) is 0 Å². The first kappa shape index (κ1) is 9.09. The average Bonchev–Trinajstić information content (AvgIpc) is 2.29. The summed E-state index contributed by atoms with van der Waals surface area (Å²) < 4.78 is 37.5. The summed E-state index contributed by atoms with van der Waals surface area (Å²) in [4.78, 5) is 3.44. The molecule has 0 bridgehead atoms. The Bertz CT molecular complexity index is 275. The van der Waals surface area contributed by atoms with Crippen molar-refractivity contribution in [1.82, 2.24) is 9.55 Å². The van der Waals surface area contributed by atoms with Crippen molar-refractivity contribution in [1.29, 1.82) is 0 Å². The van der Waals surface area contributed by atoms with Gasteiger partial charge in [-0.15, -0.1) is 0 Å². The van der Waals surface area contributed by atoms with E-state index in [1.807, 2.05) is 0 Å². The van der Waals surface area contributed by atoms with Crippen LogP contribution in [0.2, 0.25) is 0 Å². The summed E-state index contributed by atoms with van der Waals surface area (Å²) in [5.41, 5.74) is -0.818. The molecule has 0 spiro atoms. The van der Waals surface area contributed by atoms with Crippen LogP contribution in [-0.2, 0) is 19.6 Å². The highest BCUT2D eigenvalue weighted by molar-refractivity contribution is 5.07. The van der Waals surface area contributed by atoms with E-state index >= 15 is 0 Å². The summed E-state index contributed by atoms with van der Waals surface area (Å²) in [6, 6.07) is 0. The summed E-state index contributed by atoms with van der Waals surface area (Å²) in [7, 11) is 1.56. The van der Waals surface area contributed by atoms with Gasteiger partial charge in [0, 0.05) is 19.7 Å². The molecule has 1 rings (SSSR count). The topological polar surface area (TPSA) is 17.8 Å². The monoisotopic (exact) mass is 178 g/mol. The molecule has 1 aromatic heterocycles. The van der Waals surface area contributed by atoms with Crippen LogP contribution in [0.5, 0.6) is 0 Å². The molecule has 0 aromatic carbocycles. The number of alkyl halides is 3. The Balaban J connectivity index is 3.05. The fourth-order valence-corrected chi connectivity index (χ4v) is 0.970. The first-order valence-corrected chi connectivity index (χ1v) is 3.54. The van der Waals surface area contributed by atoms with Crippen molar-refractivity contribution in [2.24, 2.45) is 7.05 Å². The Morgan fingerprint density at radius 3 is 2.33 bits per heavy atom. The van der Waals surface area contributed by atoms with Crippen LogP contribution in [0, 0.1) is 0 Å². The predicted octanol–water partition coefficient (Wildman–Crippen LogP) is 2.00. The molecule has 0 radical (unpaired) electrons. The van der Waals surface area contributed by atoms with Gasteiger partial charge < -0.3 is 4.57 Å². The fraction of sp³-hybridized carbons (Fsp3) is 0.571. The van der Waals surface area contributed by atoms with Gasteiger partial charge in [0.2, 0.25) is 0 Å². The van der Waals surface area contributed by atoms with Crippen LogP contribution in [0.25, 0.3) is 0 Å². The van der Waals surface area contributed by atoms with Gasteiger partial charge in [-0.1, -0.05) is 6.92 Å². The normalized spacial score (nSPS) is 12.1. The number of aryl methyl sites for hydroxylation is 2. The number of imidazole rings is 1. The Morgan fingerprint density at radius 1 is 1.50 bits per heavy atom. The zero-order chi connectivity index (χ0) is 9.35. The second-order valence-electron chi connectivity index (χ2n) is 2.50. The van der Waals surface area contributed by atoms with Crippen molar-refractivity contribution in [2.75, 3.05) is 0 Å². The lowest BCUT2D eigenvalue weighted by Crippen LogP contribution is -2.05. The lowest BCUT2D eigenvalue weighted by Gasteiger charge is -1.98. The molecule has 0 N–H and O–H groups in total. The lowest BCUT2D eigenvalue weighted by molar-refractivity contribution is -0.141. The molecular weight excluding hydrogens is 169 g/mol. The minimum Gasteiger partial charge on any atom is -0.337 e. The van der Waals surface area contributed by atoms with Crippen molar-refractivity contribution in [3.63, 3.8) is 0 Å². The van der Waals surface area contributed by atoms with Crippen molar-refractivity contribution >= 4 is 0 Å². The van der Waals surface area contributed by atoms with Gasteiger partial charge in [-0.3, -0.25) is 0 Å². The van der Waals surface area contributed by atoms with E-state index < -0.39 is 11.9 Å². The van der Waals surface area contributed by atoms with Crippen molar-refractivity contribution < 1.29 is 13.2 Å². The van der Waals surface area contributed by atoms with Gasteiger partial charge in [0.25, 0.3) is 0 Å². The minimum absolute atomic E-state index is 0.447. The molecule has 0 aliphatic heterocycles. The van der Waals surface area contributed by atoms with Gasteiger partial charge >= 0.3 is 6.18 Å². The Labute approximate surface area is 68.0 Å². The molecule has 0 fully saturated rings. The standard InChI is InChI=1S/C7H9F3N2/c1-3-6-11-5(4-12(6)2)7(8,9)10/h4H,3H2,1-2H3. The van der Waals surface area contributed by atoms with Gasteiger partial charge in [0.1, 0.15) is 5.82 Å². The molecular formula is C7H9F3N2. The molecule has 2 nitrogen and oxygen atoms in total. The van der Waals surface area contributed by atoms with E-state index in [0.717, 1.165) is 6.20 Å². The molecule has 0 saturated heterocycles. The molecule has 1 aromatic rings. The third kappa shape index (κ3) is 1.60. The molecule has 0 saturated carbocycles. The molecule has 0 aliphatic carbocycles. The zero-order valence-electron chi connectivity index (χ0n) is 6.81. The van der Waals surface area contributed by atoms with Crippen LogP contribution in [0.3, 0.4) is 0 Å². The summed E-state index contributed by atoms with van der Waals surface area (Å²) in [6.45, 7) is 1.77. The minimum atomic E-state index is -4.33. The molecule has 5 heteroatoms. The zero-order valence-corrected chi connectivity index (χ0v) is 6.81. The highest BCUT2D eigenvalue weighted by Crippen LogP contribution is 2.27. The number of halogens is 3. The van der Waals surface area contributed by atoms with E-state index in [9.17, 15) is 13.2 Å². The SMILES string of the molecule is CCc1nc(C(F)(F)F)cn1C. The van der Waals surface area contributed by atoms with E-state index in [2.05, 4.69) is 4.98 Å². The van der Waals surface area contributed by atoms with E-state index in [1.165, 1.54) is 4.57 Å². The maximum atomic E-state index is 12.0. The molecule has 68 valence electrons. The quantitative estimate of drug-likeness (QED) is 0.643. The van der Waals surface area contributed by atoms with Gasteiger partial charge in [-0.25, -0.2) is 4.98 Å².